The van der Waals surface area contributed by atoms with Gasteiger partial charge in [0, 0.05) is 6.54 Å². The fourth-order valence-corrected chi connectivity index (χ4v) is 2.88. The van der Waals surface area contributed by atoms with Crippen molar-refractivity contribution in [1.29, 1.82) is 0 Å². The third-order valence-corrected chi connectivity index (χ3v) is 3.72. The van der Waals surface area contributed by atoms with Gasteiger partial charge >= 0.3 is 6.09 Å². The van der Waals surface area contributed by atoms with E-state index in [-0.39, 0.29) is 11.7 Å². The first kappa shape index (κ1) is 11.7. The molecule has 2 fully saturated rings. The first-order valence-electron chi connectivity index (χ1n) is 6.30. The van der Waals surface area contributed by atoms with E-state index in [2.05, 4.69) is 17.1 Å². The van der Waals surface area contributed by atoms with Gasteiger partial charge in [0.2, 0.25) is 0 Å². The molecule has 2 atom stereocenters. The second-order valence-electron chi connectivity index (χ2n) is 5.30. The summed E-state index contributed by atoms with van der Waals surface area (Å²) in [5.41, 5.74) is -0.279. The fraction of sp³-hybridized carbons (Fsp3) is 0.917. The lowest BCUT2D eigenvalue weighted by molar-refractivity contribution is 0.0362. The molecule has 2 rings (SSSR count). The summed E-state index contributed by atoms with van der Waals surface area (Å²) in [6.45, 7) is 8.42. The molecule has 0 saturated carbocycles. The second kappa shape index (κ2) is 4.62. The van der Waals surface area contributed by atoms with Gasteiger partial charge in [-0.1, -0.05) is 6.92 Å². The van der Waals surface area contributed by atoms with Crippen molar-refractivity contribution in [2.75, 3.05) is 26.2 Å². The highest BCUT2D eigenvalue weighted by Crippen LogP contribution is 2.29. The summed E-state index contributed by atoms with van der Waals surface area (Å²) in [6, 6.07) is 0. The molecule has 0 aromatic carbocycles. The molecule has 2 heterocycles. The van der Waals surface area contributed by atoms with Crippen molar-refractivity contribution in [1.82, 2.24) is 10.2 Å². The van der Waals surface area contributed by atoms with Gasteiger partial charge < -0.3 is 15.0 Å². The molecular weight excluding hydrogens is 204 g/mol. The van der Waals surface area contributed by atoms with Crippen LogP contribution in [0.4, 0.5) is 4.79 Å². The second-order valence-corrected chi connectivity index (χ2v) is 5.30. The summed E-state index contributed by atoms with van der Waals surface area (Å²) in [6.07, 6.45) is 3.27. The summed E-state index contributed by atoms with van der Waals surface area (Å²) in [5.74, 6) is 0.673. The van der Waals surface area contributed by atoms with Crippen LogP contribution in [0.15, 0.2) is 0 Å². The van der Waals surface area contributed by atoms with E-state index in [0.717, 1.165) is 19.5 Å². The number of carbonyl (C=O) groups excluding carboxylic acids is 1. The van der Waals surface area contributed by atoms with Gasteiger partial charge in [-0.3, -0.25) is 0 Å². The Balaban J connectivity index is 1.86. The quantitative estimate of drug-likeness (QED) is 0.795. The molecule has 0 aliphatic carbocycles. The summed E-state index contributed by atoms with van der Waals surface area (Å²) < 4.78 is 5.35. The predicted octanol–water partition coefficient (Wildman–Crippen LogP) is 1.61. The molecule has 2 aliphatic rings. The zero-order valence-electron chi connectivity index (χ0n) is 10.3. The summed E-state index contributed by atoms with van der Waals surface area (Å²) in [5, 5.41) is 2.75. The Morgan fingerprint density at radius 2 is 2.44 bits per heavy atom. The highest BCUT2D eigenvalue weighted by Gasteiger charge is 2.38. The topological polar surface area (TPSA) is 41.6 Å². The summed E-state index contributed by atoms with van der Waals surface area (Å²) >= 11 is 0. The number of cyclic esters (lactones) is 1. The molecule has 4 heteroatoms. The molecule has 0 aromatic rings. The molecule has 92 valence electrons. The average molecular weight is 226 g/mol. The fourth-order valence-electron chi connectivity index (χ4n) is 2.88. The van der Waals surface area contributed by atoms with Gasteiger partial charge in [-0.15, -0.1) is 0 Å². The normalized spacial score (nSPS) is 35.9. The molecule has 0 spiro atoms. The van der Waals surface area contributed by atoms with Crippen LogP contribution in [0.1, 0.15) is 33.1 Å². The molecule has 0 bridgehead atoms. The van der Waals surface area contributed by atoms with Crippen LogP contribution >= 0.6 is 0 Å². The Morgan fingerprint density at radius 3 is 3.06 bits per heavy atom. The lowest BCUT2D eigenvalue weighted by Gasteiger charge is -2.35. The van der Waals surface area contributed by atoms with Crippen molar-refractivity contribution in [3.8, 4) is 0 Å². The maximum Gasteiger partial charge on any atom is 0.407 e. The van der Waals surface area contributed by atoms with Gasteiger partial charge in [0.1, 0.15) is 5.60 Å². The number of amides is 1. The van der Waals surface area contributed by atoms with Gasteiger partial charge in [0.15, 0.2) is 0 Å². The number of rotatable bonds is 3. The van der Waals surface area contributed by atoms with Gasteiger partial charge in [-0.2, -0.15) is 0 Å². The third kappa shape index (κ3) is 2.67. The van der Waals surface area contributed by atoms with Crippen molar-refractivity contribution in [2.45, 2.75) is 38.7 Å². The molecule has 2 aliphatic heterocycles. The minimum atomic E-state index is -0.279. The smallest absolute Gasteiger partial charge is 0.407 e. The third-order valence-electron chi connectivity index (χ3n) is 3.72. The maximum atomic E-state index is 11.1. The SMILES string of the molecule is CCN1CCCC(CC2(C)CNC(=O)O2)C1. The van der Waals surface area contributed by atoms with Gasteiger partial charge in [-0.05, 0) is 45.2 Å². The standard InChI is InChI=1S/C12H22N2O2/c1-3-14-6-4-5-10(8-14)7-12(2)9-13-11(15)16-12/h10H,3-9H2,1-2H3,(H,13,15). The zero-order chi connectivity index (χ0) is 11.6. The Hall–Kier alpha value is -0.770. The summed E-state index contributed by atoms with van der Waals surface area (Å²) in [7, 11) is 0. The van der Waals surface area contributed by atoms with Crippen LogP contribution in [0, 0.1) is 5.92 Å². The Labute approximate surface area is 97.3 Å². The molecule has 1 amide bonds. The molecule has 4 nitrogen and oxygen atoms in total. The molecule has 0 aromatic heterocycles. The van der Waals surface area contributed by atoms with Gasteiger partial charge in [-0.25, -0.2) is 4.79 Å². The highest BCUT2D eigenvalue weighted by molar-refractivity contribution is 5.70. The molecule has 2 unspecified atom stereocenters. The lowest BCUT2D eigenvalue weighted by atomic mass is 9.86. The Bertz CT molecular complexity index is 270. The van der Waals surface area contributed by atoms with E-state index in [0.29, 0.717) is 12.5 Å². The minimum absolute atomic E-state index is 0.259. The number of alkyl carbamates (subject to hydrolysis) is 1. The number of likely N-dealkylation sites (tertiary alicyclic amines) is 1. The first-order valence-corrected chi connectivity index (χ1v) is 6.30. The Kier molecular flexibility index (Phi) is 3.38. The van der Waals surface area contributed by atoms with E-state index >= 15 is 0 Å². The van der Waals surface area contributed by atoms with Crippen LogP contribution < -0.4 is 5.32 Å². The lowest BCUT2D eigenvalue weighted by Crippen LogP contribution is -2.40. The molecule has 2 saturated heterocycles. The number of nitrogens with zero attached hydrogens (tertiary/aromatic N) is 1. The van der Waals surface area contributed by atoms with Crippen molar-refractivity contribution in [2.24, 2.45) is 5.92 Å². The van der Waals surface area contributed by atoms with Crippen molar-refractivity contribution in [3.05, 3.63) is 0 Å². The number of hydrogen-bond acceptors (Lipinski definition) is 3. The van der Waals surface area contributed by atoms with E-state index in [1.807, 2.05) is 6.92 Å². The number of carbonyl (C=O) groups is 1. The van der Waals surface area contributed by atoms with Gasteiger partial charge in [0.05, 0.1) is 6.54 Å². The largest absolute Gasteiger partial charge is 0.441 e. The van der Waals surface area contributed by atoms with E-state index in [9.17, 15) is 4.79 Å². The van der Waals surface area contributed by atoms with E-state index in [1.165, 1.54) is 19.4 Å². The first-order chi connectivity index (χ1) is 7.61. The molecule has 16 heavy (non-hydrogen) atoms. The van der Waals surface area contributed by atoms with Crippen molar-refractivity contribution in [3.63, 3.8) is 0 Å². The van der Waals surface area contributed by atoms with E-state index in [4.69, 9.17) is 4.74 Å². The molecular formula is C12H22N2O2. The number of ether oxygens (including phenoxy) is 1. The Morgan fingerprint density at radius 1 is 1.62 bits per heavy atom. The van der Waals surface area contributed by atoms with Crippen LogP contribution in [-0.4, -0.2) is 42.8 Å². The zero-order valence-corrected chi connectivity index (χ0v) is 10.3. The average Bonchev–Trinajstić information content (AvgIpc) is 2.58. The van der Waals surface area contributed by atoms with Crippen LogP contribution in [-0.2, 0) is 4.74 Å². The number of hydrogen-bond donors (Lipinski definition) is 1. The maximum absolute atomic E-state index is 11.1. The number of nitrogens with one attached hydrogen (secondary N) is 1. The number of piperidine rings is 1. The van der Waals surface area contributed by atoms with Crippen molar-refractivity contribution >= 4 is 6.09 Å². The van der Waals surface area contributed by atoms with Crippen LogP contribution in [0.25, 0.3) is 0 Å². The summed E-state index contributed by atoms with van der Waals surface area (Å²) in [4.78, 5) is 13.6. The highest BCUT2D eigenvalue weighted by atomic mass is 16.6. The van der Waals surface area contributed by atoms with Crippen LogP contribution in [0.2, 0.25) is 0 Å². The van der Waals surface area contributed by atoms with E-state index < -0.39 is 0 Å². The van der Waals surface area contributed by atoms with Crippen molar-refractivity contribution < 1.29 is 9.53 Å². The molecule has 1 N–H and O–H groups in total. The predicted molar refractivity (Wildman–Crippen MR) is 62.3 cm³/mol. The monoisotopic (exact) mass is 226 g/mol. The molecule has 0 radical (unpaired) electrons. The van der Waals surface area contributed by atoms with Crippen LogP contribution in [0.5, 0.6) is 0 Å². The van der Waals surface area contributed by atoms with E-state index in [1.54, 1.807) is 0 Å². The van der Waals surface area contributed by atoms with Gasteiger partial charge in [0.25, 0.3) is 0 Å². The van der Waals surface area contributed by atoms with Crippen LogP contribution in [0.3, 0.4) is 0 Å². The minimum Gasteiger partial charge on any atom is -0.441 e.